The molecule has 1 saturated carbocycles. The summed E-state index contributed by atoms with van der Waals surface area (Å²) in [5.74, 6) is 0. The van der Waals surface area contributed by atoms with Crippen LogP contribution in [-0.4, -0.2) is 59.1 Å². The molecule has 0 aromatic rings. The minimum atomic E-state index is 0.573. The second-order valence-corrected chi connectivity index (χ2v) is 8.65. The van der Waals surface area contributed by atoms with Crippen molar-refractivity contribution in [2.45, 2.75) is 75.1 Å². The van der Waals surface area contributed by atoms with Gasteiger partial charge in [0.15, 0.2) is 0 Å². The smallest absolute Gasteiger partial charge is 0.0284 e. The van der Waals surface area contributed by atoms with Crippen molar-refractivity contribution in [1.29, 1.82) is 0 Å². The van der Waals surface area contributed by atoms with Gasteiger partial charge in [-0.25, -0.2) is 0 Å². The summed E-state index contributed by atoms with van der Waals surface area (Å²) in [4.78, 5) is 5.62. The second-order valence-electron chi connectivity index (χ2n) is 7.37. The molecule has 2 unspecified atom stereocenters. The highest BCUT2D eigenvalue weighted by atomic mass is 32.2. The van der Waals surface area contributed by atoms with E-state index >= 15 is 0 Å². The highest BCUT2D eigenvalue weighted by molar-refractivity contribution is 8.00. The lowest BCUT2D eigenvalue weighted by atomic mass is 9.86. The molecule has 2 atom stereocenters. The molecule has 0 aromatic heterocycles. The normalized spacial score (nSPS) is 35.7. The monoisotopic (exact) mass is 296 g/mol. The van der Waals surface area contributed by atoms with Crippen LogP contribution in [-0.2, 0) is 0 Å². The number of piperazine rings is 1. The fraction of sp³-hybridized carbons (Fsp3) is 1.00. The fourth-order valence-corrected chi connectivity index (χ4v) is 5.62. The van der Waals surface area contributed by atoms with Crippen molar-refractivity contribution < 1.29 is 0 Å². The number of nitrogens with zero attached hydrogens (tertiary/aromatic N) is 2. The summed E-state index contributed by atoms with van der Waals surface area (Å²) in [6, 6.07) is 1.62. The molecule has 20 heavy (non-hydrogen) atoms. The van der Waals surface area contributed by atoms with Gasteiger partial charge in [-0.3, -0.25) is 9.80 Å². The molecular weight excluding hydrogens is 264 g/mol. The van der Waals surface area contributed by atoms with E-state index in [1.165, 1.54) is 77.5 Å². The Bertz CT molecular complexity index is 314. The predicted octanol–water partition coefficient (Wildman–Crippen LogP) is 3.61. The summed E-state index contributed by atoms with van der Waals surface area (Å²) in [7, 11) is 0. The van der Waals surface area contributed by atoms with Crippen LogP contribution in [0.3, 0.4) is 0 Å². The van der Waals surface area contributed by atoms with E-state index in [9.17, 15) is 0 Å². The van der Waals surface area contributed by atoms with Gasteiger partial charge in [0.1, 0.15) is 0 Å². The number of hydrogen-bond acceptors (Lipinski definition) is 3. The summed E-state index contributed by atoms with van der Waals surface area (Å²) >= 11 is 2.16. The van der Waals surface area contributed by atoms with Crippen LogP contribution in [0.5, 0.6) is 0 Å². The van der Waals surface area contributed by atoms with Crippen LogP contribution in [0.2, 0.25) is 0 Å². The summed E-state index contributed by atoms with van der Waals surface area (Å²) in [5.41, 5.74) is 0. The quantitative estimate of drug-likeness (QED) is 0.785. The lowest BCUT2D eigenvalue weighted by Gasteiger charge is -2.50. The molecule has 3 rings (SSSR count). The fourth-order valence-electron chi connectivity index (χ4n) is 4.63. The zero-order valence-corrected chi connectivity index (χ0v) is 14.3. The third-order valence-corrected chi connectivity index (χ3v) is 7.41. The molecule has 2 nitrogen and oxygen atoms in total. The Labute approximate surface area is 129 Å². The first kappa shape index (κ1) is 15.2. The van der Waals surface area contributed by atoms with Crippen LogP contribution in [0.4, 0.5) is 0 Å². The molecular formula is C17H32N2S. The van der Waals surface area contributed by atoms with Crippen LogP contribution >= 0.6 is 11.8 Å². The van der Waals surface area contributed by atoms with E-state index in [0.29, 0.717) is 4.75 Å². The van der Waals surface area contributed by atoms with Gasteiger partial charge in [0, 0.05) is 36.5 Å². The van der Waals surface area contributed by atoms with Crippen molar-refractivity contribution in [3.05, 3.63) is 0 Å². The Morgan fingerprint density at radius 3 is 2.60 bits per heavy atom. The van der Waals surface area contributed by atoms with Crippen molar-refractivity contribution >= 4 is 11.8 Å². The van der Waals surface area contributed by atoms with Crippen molar-refractivity contribution in [3.8, 4) is 0 Å². The number of fused-ring (bicyclic) bond motifs is 1. The molecule has 3 heteroatoms. The maximum Gasteiger partial charge on any atom is 0.0284 e. The van der Waals surface area contributed by atoms with E-state index in [1.807, 2.05) is 0 Å². The molecule has 0 N–H and O–H groups in total. The van der Waals surface area contributed by atoms with Crippen LogP contribution in [0, 0.1) is 0 Å². The third kappa shape index (κ3) is 3.20. The maximum atomic E-state index is 2.84. The Hall–Kier alpha value is 0.270. The molecule has 2 heterocycles. The van der Waals surface area contributed by atoms with E-state index < -0.39 is 0 Å². The van der Waals surface area contributed by atoms with Crippen molar-refractivity contribution in [1.82, 2.24) is 9.80 Å². The average molecular weight is 297 g/mol. The molecule has 3 aliphatic rings. The SMILES string of the molecule is CSC1(CN2CC3CCCCN3CC2C)CCCCC1. The molecule has 1 aliphatic carbocycles. The molecule has 3 fully saturated rings. The maximum absolute atomic E-state index is 2.84. The standard InChI is InChI=1S/C17H32N2S/c1-15-12-18-11-7-4-8-16(18)13-19(15)14-17(20-2)9-5-3-6-10-17/h15-16H,3-14H2,1-2H3. The first-order valence-corrected chi connectivity index (χ1v) is 9.98. The number of piperidine rings is 1. The average Bonchev–Trinajstić information content (AvgIpc) is 2.49. The Kier molecular flexibility index (Phi) is 4.99. The van der Waals surface area contributed by atoms with Gasteiger partial charge in [0.25, 0.3) is 0 Å². The summed E-state index contributed by atoms with van der Waals surface area (Å²) in [5, 5.41) is 0. The predicted molar refractivity (Wildman–Crippen MR) is 89.6 cm³/mol. The van der Waals surface area contributed by atoms with Gasteiger partial charge >= 0.3 is 0 Å². The van der Waals surface area contributed by atoms with Crippen LogP contribution < -0.4 is 0 Å². The van der Waals surface area contributed by atoms with Gasteiger partial charge in [-0.1, -0.05) is 25.7 Å². The number of hydrogen-bond donors (Lipinski definition) is 0. The topological polar surface area (TPSA) is 6.48 Å². The van der Waals surface area contributed by atoms with Gasteiger partial charge in [-0.2, -0.15) is 11.8 Å². The minimum absolute atomic E-state index is 0.573. The highest BCUT2D eigenvalue weighted by Crippen LogP contribution is 2.40. The number of thioether (sulfide) groups is 1. The third-order valence-electron chi connectivity index (χ3n) is 6.01. The van der Waals surface area contributed by atoms with Gasteiger partial charge in [-0.05, 0) is 45.4 Å². The summed E-state index contributed by atoms with van der Waals surface area (Å²) in [6.07, 6.45) is 14.0. The first-order chi connectivity index (χ1) is 9.72. The first-order valence-electron chi connectivity index (χ1n) is 8.76. The summed E-state index contributed by atoms with van der Waals surface area (Å²) < 4.78 is 0.573. The largest absolute Gasteiger partial charge is 0.298 e. The molecule has 2 aliphatic heterocycles. The van der Waals surface area contributed by atoms with Gasteiger partial charge in [0.2, 0.25) is 0 Å². The number of rotatable bonds is 3. The summed E-state index contributed by atoms with van der Waals surface area (Å²) in [6.45, 7) is 7.82. The molecule has 0 radical (unpaired) electrons. The van der Waals surface area contributed by atoms with Crippen LogP contribution in [0.15, 0.2) is 0 Å². The minimum Gasteiger partial charge on any atom is -0.298 e. The Morgan fingerprint density at radius 1 is 1.05 bits per heavy atom. The van der Waals surface area contributed by atoms with E-state index in [1.54, 1.807) is 0 Å². The van der Waals surface area contributed by atoms with E-state index in [-0.39, 0.29) is 0 Å². The lowest BCUT2D eigenvalue weighted by Crippen LogP contribution is -2.61. The molecule has 0 spiro atoms. The zero-order valence-electron chi connectivity index (χ0n) is 13.4. The zero-order chi connectivity index (χ0) is 14.0. The van der Waals surface area contributed by atoms with Crippen molar-refractivity contribution in [2.24, 2.45) is 0 Å². The van der Waals surface area contributed by atoms with Crippen molar-refractivity contribution in [2.75, 3.05) is 32.4 Å². The second kappa shape index (κ2) is 6.58. The Balaban J connectivity index is 1.63. The van der Waals surface area contributed by atoms with Crippen LogP contribution in [0.1, 0.15) is 58.3 Å². The Morgan fingerprint density at radius 2 is 1.85 bits per heavy atom. The van der Waals surface area contributed by atoms with Gasteiger partial charge < -0.3 is 0 Å². The van der Waals surface area contributed by atoms with E-state index in [2.05, 4.69) is 34.7 Å². The highest BCUT2D eigenvalue weighted by Gasteiger charge is 2.38. The molecule has 2 saturated heterocycles. The molecule has 0 aromatic carbocycles. The molecule has 0 bridgehead atoms. The molecule has 116 valence electrons. The van der Waals surface area contributed by atoms with E-state index in [0.717, 1.165) is 12.1 Å². The molecule has 0 amide bonds. The van der Waals surface area contributed by atoms with Gasteiger partial charge in [-0.15, -0.1) is 0 Å². The van der Waals surface area contributed by atoms with Crippen LogP contribution in [0.25, 0.3) is 0 Å². The lowest BCUT2D eigenvalue weighted by molar-refractivity contribution is 0.00843. The van der Waals surface area contributed by atoms with Crippen molar-refractivity contribution in [3.63, 3.8) is 0 Å². The van der Waals surface area contributed by atoms with E-state index in [4.69, 9.17) is 0 Å². The van der Waals surface area contributed by atoms with Gasteiger partial charge in [0.05, 0.1) is 0 Å².